The first kappa shape index (κ1) is 14.9. The molecule has 3 N–H and O–H groups in total. The van der Waals surface area contributed by atoms with Crippen molar-refractivity contribution in [2.45, 2.75) is 10.9 Å². The summed E-state index contributed by atoms with van der Waals surface area (Å²) in [6.45, 7) is 0. The number of hydrogen-bond acceptors (Lipinski definition) is 3. The fourth-order valence-corrected chi connectivity index (χ4v) is 2.72. The van der Waals surface area contributed by atoms with Crippen molar-refractivity contribution in [2.75, 3.05) is 5.75 Å². The molecule has 2 aromatic rings. The summed E-state index contributed by atoms with van der Waals surface area (Å²) < 4.78 is 39.1. The van der Waals surface area contributed by atoms with Gasteiger partial charge in [-0.3, -0.25) is 11.3 Å². The second-order valence-electron chi connectivity index (χ2n) is 4.16. The number of hydrogen-bond donors (Lipinski definition) is 2. The van der Waals surface area contributed by atoms with E-state index in [-0.39, 0.29) is 11.9 Å². The predicted molar refractivity (Wildman–Crippen MR) is 73.5 cm³/mol. The van der Waals surface area contributed by atoms with Crippen molar-refractivity contribution >= 4 is 11.8 Å². The van der Waals surface area contributed by atoms with Crippen LogP contribution in [-0.4, -0.2) is 5.75 Å². The van der Waals surface area contributed by atoms with Gasteiger partial charge in [0.25, 0.3) is 0 Å². The molecule has 0 aliphatic carbocycles. The smallest absolute Gasteiger partial charge is 0.159 e. The van der Waals surface area contributed by atoms with Gasteiger partial charge in [0.2, 0.25) is 0 Å². The van der Waals surface area contributed by atoms with Crippen LogP contribution < -0.4 is 11.3 Å². The summed E-state index contributed by atoms with van der Waals surface area (Å²) >= 11 is 1.37. The van der Waals surface area contributed by atoms with Crippen LogP contribution in [0.25, 0.3) is 0 Å². The van der Waals surface area contributed by atoms with E-state index in [2.05, 4.69) is 5.43 Å². The van der Waals surface area contributed by atoms with Crippen LogP contribution in [0.4, 0.5) is 13.2 Å². The zero-order valence-electron chi connectivity index (χ0n) is 10.4. The third-order valence-electron chi connectivity index (χ3n) is 2.76. The standard InChI is InChI=1S/C14H13F3N2S/c15-10-2-1-3-11(7-10)20-8-14(19-18)9-4-5-12(16)13(17)6-9/h1-7,14,19H,8,18H2. The molecular weight excluding hydrogens is 285 g/mol. The average molecular weight is 298 g/mol. The molecule has 1 atom stereocenters. The largest absolute Gasteiger partial charge is 0.271 e. The topological polar surface area (TPSA) is 38.0 Å². The molecule has 0 radical (unpaired) electrons. The van der Waals surface area contributed by atoms with Crippen LogP contribution in [0.5, 0.6) is 0 Å². The lowest BCUT2D eigenvalue weighted by Gasteiger charge is -2.16. The van der Waals surface area contributed by atoms with Crippen molar-refractivity contribution in [3.63, 3.8) is 0 Å². The first-order valence-corrected chi connectivity index (χ1v) is 6.88. The second kappa shape index (κ2) is 6.78. The molecule has 6 heteroatoms. The molecule has 0 aliphatic heterocycles. The van der Waals surface area contributed by atoms with Gasteiger partial charge in [-0.25, -0.2) is 13.2 Å². The Morgan fingerprint density at radius 1 is 1.05 bits per heavy atom. The van der Waals surface area contributed by atoms with Gasteiger partial charge in [-0.2, -0.15) is 0 Å². The number of nitrogens with two attached hydrogens (primary N) is 1. The van der Waals surface area contributed by atoms with Gasteiger partial charge in [-0.05, 0) is 35.9 Å². The number of halogens is 3. The van der Waals surface area contributed by atoms with Gasteiger partial charge in [0.15, 0.2) is 11.6 Å². The molecule has 1 unspecified atom stereocenters. The van der Waals surface area contributed by atoms with E-state index in [0.717, 1.165) is 17.0 Å². The van der Waals surface area contributed by atoms with Gasteiger partial charge in [-0.15, -0.1) is 11.8 Å². The minimum Gasteiger partial charge on any atom is -0.271 e. The van der Waals surface area contributed by atoms with Crippen LogP contribution in [0.2, 0.25) is 0 Å². The number of rotatable bonds is 5. The average Bonchev–Trinajstić information content (AvgIpc) is 2.43. The molecule has 0 fully saturated rings. The molecule has 20 heavy (non-hydrogen) atoms. The molecule has 0 saturated heterocycles. The third kappa shape index (κ3) is 3.75. The number of benzene rings is 2. The normalized spacial score (nSPS) is 12.4. The third-order valence-corrected chi connectivity index (χ3v) is 3.85. The van der Waals surface area contributed by atoms with Crippen LogP contribution in [0.1, 0.15) is 11.6 Å². The van der Waals surface area contributed by atoms with Crippen molar-refractivity contribution in [2.24, 2.45) is 5.84 Å². The lowest BCUT2D eigenvalue weighted by atomic mass is 10.1. The van der Waals surface area contributed by atoms with Gasteiger partial charge >= 0.3 is 0 Å². The Morgan fingerprint density at radius 2 is 1.85 bits per heavy atom. The maximum Gasteiger partial charge on any atom is 0.159 e. The van der Waals surface area contributed by atoms with Crippen molar-refractivity contribution in [1.29, 1.82) is 0 Å². The number of nitrogens with one attached hydrogen (secondary N) is 1. The SMILES string of the molecule is NNC(CSc1cccc(F)c1)c1ccc(F)c(F)c1. The number of hydrazine groups is 1. The summed E-state index contributed by atoms with van der Waals surface area (Å²) in [5.41, 5.74) is 3.08. The van der Waals surface area contributed by atoms with E-state index in [4.69, 9.17) is 5.84 Å². The summed E-state index contributed by atoms with van der Waals surface area (Å²) in [5, 5.41) is 0. The summed E-state index contributed by atoms with van der Waals surface area (Å²) in [6.07, 6.45) is 0. The van der Waals surface area contributed by atoms with E-state index in [1.54, 1.807) is 12.1 Å². The van der Waals surface area contributed by atoms with Crippen LogP contribution in [0.3, 0.4) is 0 Å². The molecule has 2 aromatic carbocycles. The second-order valence-corrected chi connectivity index (χ2v) is 5.25. The highest BCUT2D eigenvalue weighted by Crippen LogP contribution is 2.25. The van der Waals surface area contributed by atoms with Gasteiger partial charge in [0.05, 0.1) is 6.04 Å². The first-order valence-electron chi connectivity index (χ1n) is 5.89. The molecule has 2 rings (SSSR count). The maximum atomic E-state index is 13.2. The van der Waals surface area contributed by atoms with Gasteiger partial charge in [0.1, 0.15) is 5.82 Å². The molecule has 0 spiro atoms. The van der Waals surface area contributed by atoms with Crippen LogP contribution in [0, 0.1) is 17.5 Å². The van der Waals surface area contributed by atoms with Crippen LogP contribution >= 0.6 is 11.8 Å². The highest BCUT2D eigenvalue weighted by Gasteiger charge is 2.13. The fraction of sp³-hybridized carbons (Fsp3) is 0.143. The summed E-state index contributed by atoms with van der Waals surface area (Å²) in [4.78, 5) is 0.743. The Kier molecular flexibility index (Phi) is 5.05. The van der Waals surface area contributed by atoms with E-state index >= 15 is 0 Å². The van der Waals surface area contributed by atoms with Crippen molar-refractivity contribution in [3.05, 3.63) is 65.5 Å². The summed E-state index contributed by atoms with van der Waals surface area (Å²) in [7, 11) is 0. The van der Waals surface area contributed by atoms with Gasteiger partial charge in [-0.1, -0.05) is 12.1 Å². The predicted octanol–water partition coefficient (Wildman–Crippen LogP) is 3.40. The molecule has 0 aliphatic rings. The molecule has 0 amide bonds. The zero-order chi connectivity index (χ0) is 14.5. The molecule has 2 nitrogen and oxygen atoms in total. The van der Waals surface area contributed by atoms with Crippen molar-refractivity contribution in [1.82, 2.24) is 5.43 Å². The minimum atomic E-state index is -0.918. The monoisotopic (exact) mass is 298 g/mol. The quantitative estimate of drug-likeness (QED) is 0.505. The highest BCUT2D eigenvalue weighted by molar-refractivity contribution is 7.99. The molecule has 106 valence electrons. The lowest BCUT2D eigenvalue weighted by Crippen LogP contribution is -2.29. The summed E-state index contributed by atoms with van der Waals surface area (Å²) in [6, 6.07) is 9.41. The molecule has 0 saturated carbocycles. The van der Waals surface area contributed by atoms with Gasteiger partial charge < -0.3 is 0 Å². The van der Waals surface area contributed by atoms with Crippen molar-refractivity contribution < 1.29 is 13.2 Å². The molecular formula is C14H13F3N2S. The van der Waals surface area contributed by atoms with E-state index in [1.807, 2.05) is 0 Å². The Morgan fingerprint density at radius 3 is 2.50 bits per heavy atom. The molecule has 0 heterocycles. The Labute approximate surface area is 119 Å². The zero-order valence-corrected chi connectivity index (χ0v) is 11.3. The number of thioether (sulfide) groups is 1. The lowest BCUT2D eigenvalue weighted by molar-refractivity contribution is 0.502. The fourth-order valence-electron chi connectivity index (χ4n) is 1.71. The maximum absolute atomic E-state index is 13.2. The highest BCUT2D eigenvalue weighted by atomic mass is 32.2. The Balaban J connectivity index is 2.07. The molecule has 0 aromatic heterocycles. The van der Waals surface area contributed by atoms with E-state index in [1.165, 1.54) is 30.0 Å². The molecule has 0 bridgehead atoms. The van der Waals surface area contributed by atoms with Crippen molar-refractivity contribution in [3.8, 4) is 0 Å². The Bertz CT molecular complexity index is 592. The van der Waals surface area contributed by atoms with E-state index < -0.39 is 11.6 Å². The minimum absolute atomic E-state index is 0.319. The van der Waals surface area contributed by atoms with E-state index in [0.29, 0.717) is 11.3 Å². The van der Waals surface area contributed by atoms with Gasteiger partial charge in [0, 0.05) is 10.6 Å². The van der Waals surface area contributed by atoms with Crippen LogP contribution in [-0.2, 0) is 0 Å². The Hall–Kier alpha value is -1.50. The van der Waals surface area contributed by atoms with Crippen LogP contribution in [0.15, 0.2) is 47.4 Å². The van der Waals surface area contributed by atoms with E-state index in [9.17, 15) is 13.2 Å². The summed E-state index contributed by atoms with van der Waals surface area (Å²) in [5.74, 6) is 3.76. The first-order chi connectivity index (χ1) is 9.60.